The molecular weight excluding hydrogens is 418 g/mol. The molecule has 0 amide bonds. The number of benzene rings is 2. The van der Waals surface area contributed by atoms with Gasteiger partial charge >= 0.3 is 5.97 Å². The Morgan fingerprint density at radius 1 is 1.28 bits per heavy atom. The van der Waals surface area contributed by atoms with Crippen LogP contribution in [0.3, 0.4) is 0 Å². The van der Waals surface area contributed by atoms with E-state index in [1.54, 1.807) is 24.3 Å². The van der Waals surface area contributed by atoms with Gasteiger partial charge in [-0.2, -0.15) is 4.68 Å². The molecule has 152 valence electrons. The molecule has 0 bridgehead atoms. The fourth-order valence-corrected chi connectivity index (χ4v) is 4.30. The highest BCUT2D eigenvalue weighted by Gasteiger charge is 2.21. The molecule has 12 heteroatoms. The highest BCUT2D eigenvalue weighted by molar-refractivity contribution is 7.98. The number of hydrogen-bond acceptors (Lipinski definition) is 8. The predicted molar refractivity (Wildman–Crippen MR) is 106 cm³/mol. The highest BCUT2D eigenvalue weighted by Crippen LogP contribution is 2.28. The SMILES string of the molecule is COc1ccc(CC(=O)O)cc1S(=O)(=O)Nc1cccc(-n2nnnc2SC)c1. The number of hydrogen-bond donors (Lipinski definition) is 2. The average molecular weight is 435 g/mol. The second-order valence-electron chi connectivity index (χ2n) is 5.79. The third kappa shape index (κ3) is 4.66. The fraction of sp³-hybridized carbons (Fsp3) is 0.176. The number of carboxylic acid groups (broad SMARTS) is 1. The maximum Gasteiger partial charge on any atom is 0.307 e. The van der Waals surface area contributed by atoms with E-state index < -0.39 is 16.0 Å². The van der Waals surface area contributed by atoms with Gasteiger partial charge in [-0.05, 0) is 52.6 Å². The van der Waals surface area contributed by atoms with Crippen LogP contribution in [0.2, 0.25) is 0 Å². The molecule has 0 unspecified atom stereocenters. The van der Waals surface area contributed by atoms with Crippen LogP contribution in [0.15, 0.2) is 52.5 Å². The number of ether oxygens (including phenoxy) is 1. The Hall–Kier alpha value is -3.12. The number of tetrazole rings is 1. The number of anilines is 1. The van der Waals surface area contributed by atoms with Gasteiger partial charge in [-0.25, -0.2) is 8.42 Å². The van der Waals surface area contributed by atoms with Crippen molar-refractivity contribution < 1.29 is 23.1 Å². The third-order valence-corrected chi connectivity index (χ3v) is 5.86. The first-order valence-electron chi connectivity index (χ1n) is 8.18. The van der Waals surface area contributed by atoms with Gasteiger partial charge < -0.3 is 9.84 Å². The van der Waals surface area contributed by atoms with Gasteiger partial charge in [-0.1, -0.05) is 23.9 Å². The molecule has 1 heterocycles. The molecule has 0 fully saturated rings. The van der Waals surface area contributed by atoms with Crippen molar-refractivity contribution in [2.24, 2.45) is 0 Å². The first kappa shape index (κ1) is 20.6. The molecule has 0 aliphatic carbocycles. The summed E-state index contributed by atoms with van der Waals surface area (Å²) in [5.74, 6) is -0.960. The number of nitrogens with one attached hydrogen (secondary N) is 1. The lowest BCUT2D eigenvalue weighted by Gasteiger charge is -2.13. The second kappa shape index (κ2) is 8.49. The van der Waals surface area contributed by atoms with Crippen LogP contribution in [0.5, 0.6) is 5.75 Å². The standard InChI is InChI=1S/C17H17N5O5S2/c1-27-14-7-6-11(9-16(23)24)8-15(14)29(25,26)19-12-4-3-5-13(10-12)22-17(28-2)18-20-21-22/h3-8,10,19H,9H2,1-2H3,(H,23,24). The molecular formula is C17H17N5O5S2. The highest BCUT2D eigenvalue weighted by atomic mass is 32.2. The topological polar surface area (TPSA) is 136 Å². The number of thioether (sulfide) groups is 1. The zero-order chi connectivity index (χ0) is 21.0. The summed E-state index contributed by atoms with van der Waals surface area (Å²) in [7, 11) is -2.71. The minimum Gasteiger partial charge on any atom is -0.495 e. The van der Waals surface area contributed by atoms with Crippen LogP contribution in [-0.4, -0.2) is 53.1 Å². The smallest absolute Gasteiger partial charge is 0.307 e. The van der Waals surface area contributed by atoms with Crippen molar-refractivity contribution in [3.05, 3.63) is 48.0 Å². The summed E-state index contributed by atoms with van der Waals surface area (Å²) in [6.07, 6.45) is 1.52. The maximum absolute atomic E-state index is 13.0. The molecule has 3 aromatic rings. The lowest BCUT2D eigenvalue weighted by Crippen LogP contribution is -2.15. The molecule has 1 aromatic heterocycles. The van der Waals surface area contributed by atoms with Crippen molar-refractivity contribution in [3.8, 4) is 11.4 Å². The Morgan fingerprint density at radius 3 is 2.76 bits per heavy atom. The molecule has 0 aliphatic heterocycles. The van der Waals surface area contributed by atoms with Gasteiger partial charge in [-0.3, -0.25) is 9.52 Å². The van der Waals surface area contributed by atoms with Crippen molar-refractivity contribution >= 4 is 33.4 Å². The minimum atomic E-state index is -4.05. The number of aliphatic carboxylic acids is 1. The van der Waals surface area contributed by atoms with Crippen molar-refractivity contribution in [1.29, 1.82) is 0 Å². The van der Waals surface area contributed by atoms with E-state index in [1.807, 2.05) is 6.26 Å². The molecule has 0 radical (unpaired) electrons. The number of aromatic nitrogens is 4. The zero-order valence-corrected chi connectivity index (χ0v) is 17.1. The molecule has 10 nitrogen and oxygen atoms in total. The van der Waals surface area contributed by atoms with Crippen molar-refractivity contribution in [1.82, 2.24) is 20.2 Å². The monoisotopic (exact) mass is 435 g/mol. The summed E-state index contributed by atoms with van der Waals surface area (Å²) in [4.78, 5) is 10.8. The van der Waals surface area contributed by atoms with E-state index >= 15 is 0 Å². The number of carbonyl (C=O) groups is 1. The minimum absolute atomic E-state index is 0.105. The van der Waals surface area contributed by atoms with Crippen LogP contribution in [0, 0.1) is 0 Å². The van der Waals surface area contributed by atoms with Crippen LogP contribution in [0.25, 0.3) is 5.69 Å². The maximum atomic E-state index is 13.0. The van der Waals surface area contributed by atoms with Crippen molar-refractivity contribution in [2.45, 2.75) is 16.5 Å². The zero-order valence-electron chi connectivity index (χ0n) is 15.4. The van der Waals surface area contributed by atoms with E-state index in [-0.39, 0.29) is 22.8 Å². The largest absolute Gasteiger partial charge is 0.495 e. The lowest BCUT2D eigenvalue weighted by atomic mass is 10.1. The Kier molecular flexibility index (Phi) is 6.03. The Bertz CT molecular complexity index is 1150. The summed E-state index contributed by atoms with van der Waals surface area (Å²) in [6.45, 7) is 0. The van der Waals surface area contributed by atoms with Crippen molar-refractivity contribution in [3.63, 3.8) is 0 Å². The molecule has 0 spiro atoms. The van der Waals surface area contributed by atoms with E-state index in [4.69, 9.17) is 9.84 Å². The van der Waals surface area contributed by atoms with Crippen molar-refractivity contribution in [2.75, 3.05) is 18.1 Å². The van der Waals surface area contributed by atoms with Gasteiger partial charge in [0.1, 0.15) is 10.6 Å². The molecule has 0 atom stereocenters. The van der Waals surface area contributed by atoms with Gasteiger partial charge in [-0.15, -0.1) is 5.10 Å². The predicted octanol–water partition coefficient (Wildman–Crippen LogP) is 1.82. The number of sulfonamides is 1. The Balaban J connectivity index is 1.96. The first-order valence-corrected chi connectivity index (χ1v) is 10.9. The van der Waals surface area contributed by atoms with Gasteiger partial charge in [0.05, 0.1) is 24.9 Å². The summed E-state index contributed by atoms with van der Waals surface area (Å²) >= 11 is 1.35. The van der Waals surface area contributed by atoms with E-state index in [9.17, 15) is 13.2 Å². The van der Waals surface area contributed by atoms with Crippen LogP contribution in [0.1, 0.15) is 5.56 Å². The van der Waals surface area contributed by atoms with Gasteiger partial charge in [0, 0.05) is 0 Å². The molecule has 0 saturated carbocycles. The average Bonchev–Trinajstić information content (AvgIpc) is 3.16. The van der Waals surface area contributed by atoms with Crippen LogP contribution >= 0.6 is 11.8 Å². The molecule has 3 rings (SSSR count). The summed E-state index contributed by atoms with van der Waals surface area (Å²) in [6, 6.07) is 10.8. The van der Waals surface area contributed by atoms with E-state index in [0.29, 0.717) is 16.4 Å². The number of rotatable bonds is 8. The van der Waals surface area contributed by atoms with E-state index in [0.717, 1.165) is 0 Å². The Labute approximate surface area is 170 Å². The molecule has 2 aromatic carbocycles. The lowest BCUT2D eigenvalue weighted by molar-refractivity contribution is -0.136. The second-order valence-corrected chi connectivity index (χ2v) is 8.21. The molecule has 0 aliphatic rings. The molecule has 29 heavy (non-hydrogen) atoms. The van der Waals surface area contributed by atoms with Crippen LogP contribution in [0.4, 0.5) is 5.69 Å². The van der Waals surface area contributed by atoms with Gasteiger partial charge in [0.25, 0.3) is 10.0 Å². The number of methoxy groups -OCH3 is 1. The molecule has 0 saturated heterocycles. The summed E-state index contributed by atoms with van der Waals surface area (Å²) in [5.41, 5.74) is 1.20. The van der Waals surface area contributed by atoms with Gasteiger partial charge in [0.2, 0.25) is 5.16 Å². The quantitative estimate of drug-likeness (QED) is 0.508. The fourth-order valence-electron chi connectivity index (χ4n) is 2.60. The van der Waals surface area contributed by atoms with E-state index in [1.165, 1.54) is 41.8 Å². The first-order chi connectivity index (χ1) is 13.8. The number of nitrogens with zero attached hydrogens (tertiary/aromatic N) is 4. The van der Waals surface area contributed by atoms with Crippen LogP contribution < -0.4 is 9.46 Å². The third-order valence-electron chi connectivity index (χ3n) is 3.84. The van der Waals surface area contributed by atoms with Crippen LogP contribution in [-0.2, 0) is 21.2 Å². The Morgan fingerprint density at radius 2 is 2.07 bits per heavy atom. The summed E-state index contributed by atoms with van der Waals surface area (Å²) in [5, 5.41) is 20.9. The normalized spacial score (nSPS) is 11.2. The number of carboxylic acids is 1. The molecule has 2 N–H and O–H groups in total. The van der Waals surface area contributed by atoms with Gasteiger partial charge in [0.15, 0.2) is 0 Å². The summed E-state index contributed by atoms with van der Waals surface area (Å²) < 4.78 is 35.0. The van der Waals surface area contributed by atoms with E-state index in [2.05, 4.69) is 20.2 Å².